The highest BCUT2D eigenvalue weighted by molar-refractivity contribution is 6.17. The van der Waals surface area contributed by atoms with Crippen LogP contribution in [0, 0.1) is 0 Å². The molecule has 0 heterocycles. The lowest BCUT2D eigenvalue weighted by atomic mass is 10.3. The Morgan fingerprint density at radius 3 is 2.36 bits per heavy atom. The molecule has 0 aromatic carbocycles. The highest BCUT2D eigenvalue weighted by atomic mass is 35.5. The third-order valence-corrected chi connectivity index (χ3v) is 1.01. The summed E-state index contributed by atoms with van der Waals surface area (Å²) in [6.07, 6.45) is -4.98. The van der Waals surface area contributed by atoms with Gasteiger partial charge in [-0.25, -0.2) is 0 Å². The summed E-state index contributed by atoms with van der Waals surface area (Å²) in [7, 11) is 0. The zero-order valence-electron chi connectivity index (χ0n) is 5.45. The van der Waals surface area contributed by atoms with E-state index in [4.69, 9.17) is 11.6 Å². The van der Waals surface area contributed by atoms with Crippen molar-refractivity contribution in [3.05, 3.63) is 0 Å². The molecule has 0 spiro atoms. The molecule has 0 aromatic heterocycles. The maximum Gasteiger partial charge on any atom is 0.575 e. The molecule has 0 unspecified atom stereocenters. The van der Waals surface area contributed by atoms with Gasteiger partial charge in [-0.3, -0.25) is 4.79 Å². The molecule has 0 rings (SSSR count). The average molecular weight is 191 g/mol. The van der Waals surface area contributed by atoms with Gasteiger partial charge in [0.2, 0.25) is 0 Å². The fourth-order valence-electron chi connectivity index (χ4n) is 0.391. The van der Waals surface area contributed by atoms with Crippen molar-refractivity contribution in [2.45, 2.75) is 19.2 Å². The van der Waals surface area contributed by atoms with E-state index in [9.17, 15) is 18.0 Å². The zero-order chi connectivity index (χ0) is 8.91. The Bertz CT molecular complexity index is 134. The molecule has 0 saturated heterocycles. The van der Waals surface area contributed by atoms with E-state index in [0.717, 1.165) is 0 Å². The van der Waals surface area contributed by atoms with E-state index >= 15 is 0 Å². The van der Waals surface area contributed by atoms with Gasteiger partial charge in [0, 0.05) is 12.3 Å². The molecule has 0 aliphatic rings. The molecule has 0 fully saturated rings. The highest BCUT2D eigenvalue weighted by Crippen LogP contribution is 2.17. The van der Waals surface area contributed by atoms with Gasteiger partial charge in [-0.05, 0) is 6.42 Å². The molecule has 0 saturated carbocycles. The average Bonchev–Trinajstić information content (AvgIpc) is 1.79. The first-order valence-electron chi connectivity index (χ1n) is 2.80. The molecule has 6 heteroatoms. The topological polar surface area (TPSA) is 26.3 Å². The van der Waals surface area contributed by atoms with Crippen LogP contribution >= 0.6 is 11.6 Å². The second-order valence-corrected chi connectivity index (χ2v) is 2.09. The van der Waals surface area contributed by atoms with E-state index in [1.807, 2.05) is 0 Å². The van der Waals surface area contributed by atoms with Crippen molar-refractivity contribution in [1.82, 2.24) is 0 Å². The number of alkyl halides is 4. The number of esters is 1. The first kappa shape index (κ1) is 10.6. The minimum absolute atomic E-state index is 0.146. The van der Waals surface area contributed by atoms with Gasteiger partial charge in [0.05, 0.1) is 0 Å². The highest BCUT2D eigenvalue weighted by Gasteiger charge is 2.33. The van der Waals surface area contributed by atoms with Crippen LogP contribution < -0.4 is 0 Å². The van der Waals surface area contributed by atoms with Crippen LogP contribution in [0.15, 0.2) is 0 Å². The second kappa shape index (κ2) is 4.43. The van der Waals surface area contributed by atoms with Gasteiger partial charge in [-0.2, -0.15) is 0 Å². The normalized spacial score (nSPS) is 11.3. The van der Waals surface area contributed by atoms with Crippen molar-refractivity contribution in [2.75, 3.05) is 5.88 Å². The molecule has 11 heavy (non-hydrogen) atoms. The van der Waals surface area contributed by atoms with Crippen LogP contribution in [0.3, 0.4) is 0 Å². The van der Waals surface area contributed by atoms with Gasteiger partial charge >= 0.3 is 12.3 Å². The van der Waals surface area contributed by atoms with E-state index in [-0.39, 0.29) is 18.7 Å². The lowest BCUT2D eigenvalue weighted by Crippen LogP contribution is -2.19. The predicted octanol–water partition coefficient (Wildman–Crippen LogP) is 2.07. The van der Waals surface area contributed by atoms with Crippen LogP contribution in [0.2, 0.25) is 0 Å². The minimum Gasteiger partial charge on any atom is -0.373 e. The first-order valence-corrected chi connectivity index (χ1v) is 3.33. The Labute approximate surface area is 66.3 Å². The summed E-state index contributed by atoms with van der Waals surface area (Å²) in [5, 5.41) is 0. The molecule has 0 bridgehead atoms. The number of hydrogen-bond acceptors (Lipinski definition) is 2. The van der Waals surface area contributed by atoms with E-state index in [1.165, 1.54) is 0 Å². The van der Waals surface area contributed by atoms with Gasteiger partial charge in [-0.15, -0.1) is 24.8 Å². The Morgan fingerprint density at radius 2 is 2.00 bits per heavy atom. The molecule has 0 aliphatic carbocycles. The number of carbonyl (C=O) groups is 1. The first-order chi connectivity index (χ1) is 4.95. The van der Waals surface area contributed by atoms with Crippen LogP contribution in [-0.2, 0) is 9.53 Å². The van der Waals surface area contributed by atoms with Crippen LogP contribution in [0.25, 0.3) is 0 Å². The number of ether oxygens (including phenoxy) is 1. The number of carbonyl (C=O) groups excluding carboxylic acids is 1. The lowest BCUT2D eigenvalue weighted by Gasteiger charge is -2.05. The quantitative estimate of drug-likeness (QED) is 0.503. The minimum atomic E-state index is -4.87. The Balaban J connectivity index is 3.53. The zero-order valence-corrected chi connectivity index (χ0v) is 6.21. The number of rotatable bonds is 3. The third kappa shape index (κ3) is 7.45. The van der Waals surface area contributed by atoms with Gasteiger partial charge in [0.1, 0.15) is 0 Å². The maximum absolute atomic E-state index is 11.3. The van der Waals surface area contributed by atoms with Crippen LogP contribution in [0.1, 0.15) is 12.8 Å². The smallest absolute Gasteiger partial charge is 0.373 e. The molecule has 0 aliphatic heterocycles. The standard InChI is InChI=1S/C5H6ClF3O2/c6-3-1-2-4(10)11-5(7,8)9/h1-3H2. The summed E-state index contributed by atoms with van der Waals surface area (Å²) in [5.41, 5.74) is 0. The lowest BCUT2D eigenvalue weighted by molar-refractivity contribution is -0.305. The largest absolute Gasteiger partial charge is 0.575 e. The van der Waals surface area contributed by atoms with Gasteiger partial charge in [0.25, 0.3) is 0 Å². The van der Waals surface area contributed by atoms with Crippen molar-refractivity contribution < 1.29 is 22.7 Å². The summed E-state index contributed by atoms with van der Waals surface area (Å²) >= 11 is 5.13. The van der Waals surface area contributed by atoms with Crippen LogP contribution in [-0.4, -0.2) is 18.2 Å². The van der Waals surface area contributed by atoms with Crippen LogP contribution in [0.5, 0.6) is 0 Å². The molecular weight excluding hydrogens is 184 g/mol. The predicted molar refractivity (Wildman–Crippen MR) is 32.1 cm³/mol. The van der Waals surface area contributed by atoms with E-state index < -0.39 is 12.3 Å². The maximum atomic E-state index is 11.3. The Kier molecular flexibility index (Phi) is 4.25. The molecule has 2 nitrogen and oxygen atoms in total. The summed E-state index contributed by atoms with van der Waals surface area (Å²) < 4.78 is 36.8. The molecule has 0 radical (unpaired) electrons. The van der Waals surface area contributed by atoms with Crippen molar-refractivity contribution in [1.29, 1.82) is 0 Å². The van der Waals surface area contributed by atoms with E-state index in [0.29, 0.717) is 0 Å². The van der Waals surface area contributed by atoms with Crippen molar-refractivity contribution in [3.63, 3.8) is 0 Å². The molecule has 66 valence electrons. The van der Waals surface area contributed by atoms with Crippen molar-refractivity contribution >= 4 is 17.6 Å². The fraction of sp³-hybridized carbons (Fsp3) is 0.800. The van der Waals surface area contributed by atoms with E-state index in [1.54, 1.807) is 0 Å². The monoisotopic (exact) mass is 190 g/mol. The fourth-order valence-corrected chi connectivity index (χ4v) is 0.525. The third-order valence-electron chi connectivity index (χ3n) is 0.744. The Morgan fingerprint density at radius 1 is 1.45 bits per heavy atom. The van der Waals surface area contributed by atoms with Crippen molar-refractivity contribution in [2.24, 2.45) is 0 Å². The number of hydrogen-bond donors (Lipinski definition) is 0. The molecule has 0 atom stereocenters. The van der Waals surface area contributed by atoms with Gasteiger partial charge in [0.15, 0.2) is 0 Å². The van der Waals surface area contributed by atoms with E-state index in [2.05, 4.69) is 4.74 Å². The summed E-state index contributed by atoms with van der Waals surface area (Å²) in [4.78, 5) is 10.2. The number of halogens is 4. The molecule has 0 amide bonds. The Hall–Kier alpha value is -0.450. The SMILES string of the molecule is O=C(CCCCl)OC(F)(F)F. The molecular formula is C5H6ClF3O2. The summed E-state index contributed by atoms with van der Waals surface area (Å²) in [6.45, 7) is 0. The van der Waals surface area contributed by atoms with Gasteiger partial charge < -0.3 is 4.74 Å². The summed E-state index contributed by atoms with van der Waals surface area (Å²) in [6, 6.07) is 0. The molecule has 0 N–H and O–H groups in total. The van der Waals surface area contributed by atoms with Crippen molar-refractivity contribution in [3.8, 4) is 0 Å². The summed E-state index contributed by atoms with van der Waals surface area (Å²) in [5.74, 6) is -1.15. The molecule has 0 aromatic rings. The van der Waals surface area contributed by atoms with Crippen LogP contribution in [0.4, 0.5) is 13.2 Å². The van der Waals surface area contributed by atoms with Gasteiger partial charge in [-0.1, -0.05) is 0 Å². The second-order valence-electron chi connectivity index (χ2n) is 1.71.